The van der Waals surface area contributed by atoms with Gasteiger partial charge in [0.2, 0.25) is 11.1 Å². The number of aromatic nitrogens is 3. The lowest BCUT2D eigenvalue weighted by Crippen LogP contribution is -2.14. The van der Waals surface area contributed by atoms with E-state index in [-0.39, 0.29) is 0 Å². The molecule has 1 aliphatic carbocycles. The Labute approximate surface area is 113 Å². The van der Waals surface area contributed by atoms with E-state index in [4.69, 9.17) is 0 Å². The van der Waals surface area contributed by atoms with Crippen molar-refractivity contribution in [1.82, 2.24) is 15.2 Å². The number of hydrogen-bond donors (Lipinski definition) is 2. The first kappa shape index (κ1) is 13.5. The van der Waals surface area contributed by atoms with Crippen molar-refractivity contribution in [3.63, 3.8) is 0 Å². The predicted octanol–water partition coefficient (Wildman–Crippen LogP) is 3.32. The molecule has 1 aliphatic rings. The molecule has 0 aliphatic heterocycles. The van der Waals surface area contributed by atoms with Crippen LogP contribution >= 0.6 is 11.8 Å². The number of hydrogen-bond acceptors (Lipinski definition) is 4. The van der Waals surface area contributed by atoms with E-state index in [0.29, 0.717) is 0 Å². The molecule has 0 unspecified atom stereocenters. The van der Waals surface area contributed by atoms with Crippen molar-refractivity contribution in [3.05, 3.63) is 12.7 Å². The number of nitrogens with one attached hydrogen (secondary N) is 2. The number of thioether (sulfide) groups is 1. The third-order valence-corrected chi connectivity index (χ3v) is 4.56. The smallest absolute Gasteiger partial charge is 0.219 e. The van der Waals surface area contributed by atoms with E-state index in [1.165, 1.54) is 25.7 Å². The Morgan fingerprint density at radius 3 is 2.89 bits per heavy atom. The molecule has 0 bridgehead atoms. The summed E-state index contributed by atoms with van der Waals surface area (Å²) in [5.41, 5.74) is 0. The van der Waals surface area contributed by atoms with E-state index in [0.717, 1.165) is 35.2 Å². The number of rotatable bonds is 6. The third kappa shape index (κ3) is 3.77. The molecule has 5 heteroatoms. The molecule has 1 fully saturated rings. The van der Waals surface area contributed by atoms with Gasteiger partial charge in [0.05, 0.1) is 0 Å². The molecule has 0 atom stereocenters. The van der Waals surface area contributed by atoms with Crippen LogP contribution < -0.4 is 5.32 Å². The van der Waals surface area contributed by atoms with Gasteiger partial charge in [-0.05, 0) is 44.4 Å². The van der Waals surface area contributed by atoms with Crippen LogP contribution in [0.25, 0.3) is 0 Å². The van der Waals surface area contributed by atoms with Gasteiger partial charge in [0, 0.05) is 12.3 Å². The van der Waals surface area contributed by atoms with Crippen molar-refractivity contribution in [2.24, 2.45) is 11.8 Å². The van der Waals surface area contributed by atoms with Crippen LogP contribution in [0.15, 0.2) is 17.8 Å². The standard InChI is InChI=1S/C13H22N4S/c1-3-10-5-7-11(8-6-10)9-18-13-15-12(14-4-2)16-17-13/h3,10-11H,1,4-9H2,2H3,(H2,14,15,16,17). The Bertz CT molecular complexity index is 369. The zero-order valence-electron chi connectivity index (χ0n) is 11.0. The topological polar surface area (TPSA) is 53.6 Å². The second-order valence-corrected chi connectivity index (χ2v) is 5.81. The van der Waals surface area contributed by atoms with Crippen molar-refractivity contribution in [1.29, 1.82) is 0 Å². The van der Waals surface area contributed by atoms with Gasteiger partial charge in [-0.25, -0.2) is 5.10 Å². The fraction of sp³-hybridized carbons (Fsp3) is 0.692. The highest BCUT2D eigenvalue weighted by Crippen LogP contribution is 2.32. The molecule has 100 valence electrons. The van der Waals surface area contributed by atoms with Gasteiger partial charge in [0.1, 0.15) is 0 Å². The summed E-state index contributed by atoms with van der Waals surface area (Å²) in [7, 11) is 0. The number of anilines is 1. The van der Waals surface area contributed by atoms with Gasteiger partial charge in [-0.15, -0.1) is 11.7 Å². The lowest BCUT2D eigenvalue weighted by atomic mass is 9.83. The summed E-state index contributed by atoms with van der Waals surface area (Å²) in [6.07, 6.45) is 7.33. The largest absolute Gasteiger partial charge is 0.355 e. The molecule has 0 amide bonds. The summed E-state index contributed by atoms with van der Waals surface area (Å²) in [5, 5.41) is 11.1. The second kappa shape index (κ2) is 6.83. The molecule has 1 heterocycles. The van der Waals surface area contributed by atoms with E-state index in [1.807, 2.05) is 6.92 Å². The molecular formula is C13H22N4S. The van der Waals surface area contributed by atoms with E-state index < -0.39 is 0 Å². The lowest BCUT2D eigenvalue weighted by molar-refractivity contribution is 0.335. The average molecular weight is 266 g/mol. The Balaban J connectivity index is 1.72. The minimum absolute atomic E-state index is 0.745. The van der Waals surface area contributed by atoms with Crippen molar-refractivity contribution in [2.75, 3.05) is 17.6 Å². The fourth-order valence-corrected chi connectivity index (χ4v) is 3.32. The van der Waals surface area contributed by atoms with Crippen LogP contribution in [0.1, 0.15) is 32.6 Å². The first-order chi connectivity index (χ1) is 8.81. The van der Waals surface area contributed by atoms with Gasteiger partial charge in [-0.1, -0.05) is 17.8 Å². The van der Waals surface area contributed by atoms with Crippen LogP contribution in [0.3, 0.4) is 0 Å². The molecule has 2 rings (SSSR count). The van der Waals surface area contributed by atoms with Gasteiger partial charge >= 0.3 is 0 Å². The molecule has 1 saturated carbocycles. The second-order valence-electron chi connectivity index (χ2n) is 4.82. The zero-order chi connectivity index (χ0) is 12.8. The van der Waals surface area contributed by atoms with Crippen molar-refractivity contribution < 1.29 is 0 Å². The van der Waals surface area contributed by atoms with E-state index >= 15 is 0 Å². The van der Waals surface area contributed by atoms with Crippen LogP contribution in [0.5, 0.6) is 0 Å². The van der Waals surface area contributed by atoms with E-state index in [9.17, 15) is 0 Å². The van der Waals surface area contributed by atoms with E-state index in [1.54, 1.807) is 11.8 Å². The Hall–Kier alpha value is -0.970. The number of H-pyrrole nitrogens is 1. The Morgan fingerprint density at radius 2 is 2.22 bits per heavy atom. The Kier molecular flexibility index (Phi) is 5.11. The first-order valence-corrected chi connectivity index (χ1v) is 7.72. The first-order valence-electron chi connectivity index (χ1n) is 6.73. The van der Waals surface area contributed by atoms with Crippen LogP contribution in [-0.2, 0) is 0 Å². The van der Waals surface area contributed by atoms with Gasteiger partial charge in [-0.3, -0.25) is 0 Å². The molecule has 2 N–H and O–H groups in total. The zero-order valence-corrected chi connectivity index (χ0v) is 11.8. The van der Waals surface area contributed by atoms with Crippen LogP contribution in [-0.4, -0.2) is 27.5 Å². The molecule has 0 radical (unpaired) electrons. The number of aromatic amines is 1. The SMILES string of the molecule is C=CC1CCC(CSc2n[nH]c(NCC)n2)CC1. The maximum absolute atomic E-state index is 4.38. The van der Waals surface area contributed by atoms with Gasteiger partial charge in [0.25, 0.3) is 0 Å². The third-order valence-electron chi connectivity index (χ3n) is 3.48. The molecule has 0 saturated heterocycles. The van der Waals surface area contributed by atoms with Gasteiger partial charge in [-0.2, -0.15) is 4.98 Å². The molecule has 0 aromatic carbocycles. The average Bonchev–Trinajstić information content (AvgIpc) is 2.85. The predicted molar refractivity (Wildman–Crippen MR) is 76.9 cm³/mol. The monoisotopic (exact) mass is 266 g/mol. The van der Waals surface area contributed by atoms with Gasteiger partial charge < -0.3 is 5.32 Å². The maximum atomic E-state index is 4.38. The van der Waals surface area contributed by atoms with Crippen LogP contribution in [0, 0.1) is 11.8 Å². The summed E-state index contributed by atoms with van der Waals surface area (Å²) in [6.45, 7) is 6.80. The summed E-state index contributed by atoms with van der Waals surface area (Å²) in [6, 6.07) is 0. The molecule has 1 aromatic heterocycles. The summed E-state index contributed by atoms with van der Waals surface area (Å²) >= 11 is 1.76. The van der Waals surface area contributed by atoms with Crippen LogP contribution in [0.4, 0.5) is 5.95 Å². The van der Waals surface area contributed by atoms with Crippen molar-refractivity contribution >= 4 is 17.7 Å². The quantitative estimate of drug-likeness (QED) is 0.612. The summed E-state index contributed by atoms with van der Waals surface area (Å²) < 4.78 is 0. The summed E-state index contributed by atoms with van der Waals surface area (Å²) in [4.78, 5) is 4.38. The number of allylic oxidation sites excluding steroid dienone is 1. The molecule has 18 heavy (non-hydrogen) atoms. The highest BCUT2D eigenvalue weighted by molar-refractivity contribution is 7.99. The summed E-state index contributed by atoms with van der Waals surface area (Å²) in [5.74, 6) is 3.46. The maximum Gasteiger partial charge on any atom is 0.219 e. The Morgan fingerprint density at radius 1 is 1.44 bits per heavy atom. The molecule has 4 nitrogen and oxygen atoms in total. The molecular weight excluding hydrogens is 244 g/mol. The minimum Gasteiger partial charge on any atom is -0.355 e. The van der Waals surface area contributed by atoms with Gasteiger partial charge in [0.15, 0.2) is 0 Å². The highest BCUT2D eigenvalue weighted by atomic mass is 32.2. The highest BCUT2D eigenvalue weighted by Gasteiger charge is 2.19. The molecule has 1 aromatic rings. The van der Waals surface area contributed by atoms with Crippen molar-refractivity contribution in [3.8, 4) is 0 Å². The van der Waals surface area contributed by atoms with Crippen LogP contribution in [0.2, 0.25) is 0 Å². The minimum atomic E-state index is 0.745. The van der Waals surface area contributed by atoms with Crippen molar-refractivity contribution in [2.45, 2.75) is 37.8 Å². The normalized spacial score (nSPS) is 23.8. The molecule has 0 spiro atoms. The lowest BCUT2D eigenvalue weighted by Gasteiger charge is -2.25. The fourth-order valence-electron chi connectivity index (χ4n) is 2.34. The van der Waals surface area contributed by atoms with E-state index in [2.05, 4.69) is 33.2 Å². The number of nitrogens with zero attached hydrogens (tertiary/aromatic N) is 2.